The van der Waals surface area contributed by atoms with Crippen LogP contribution in [-0.2, 0) is 11.3 Å². The van der Waals surface area contributed by atoms with Gasteiger partial charge in [-0.25, -0.2) is 4.79 Å². The van der Waals surface area contributed by atoms with Crippen LogP contribution in [0.4, 0.5) is 4.79 Å². The molecule has 2 rings (SSSR count). The second-order valence-electron chi connectivity index (χ2n) is 4.98. The van der Waals surface area contributed by atoms with Crippen molar-refractivity contribution in [3.63, 3.8) is 0 Å². The molecule has 1 unspecified atom stereocenters. The molecule has 1 aromatic rings. The number of nitrogens with one attached hydrogen (secondary N) is 1. The van der Waals surface area contributed by atoms with E-state index in [0.717, 1.165) is 36.5 Å². The van der Waals surface area contributed by atoms with E-state index in [0.29, 0.717) is 13.1 Å². The predicted octanol–water partition coefficient (Wildman–Crippen LogP) is 1.61. The molecule has 0 aliphatic carbocycles. The average Bonchev–Trinajstić information content (AvgIpc) is 3.00. The van der Waals surface area contributed by atoms with Gasteiger partial charge in [0.15, 0.2) is 0 Å². The number of carbonyl (C=O) groups is 1. The zero-order chi connectivity index (χ0) is 13.8. The molecular formula is C13H21N3O3. The van der Waals surface area contributed by atoms with Gasteiger partial charge in [-0.3, -0.25) is 0 Å². The van der Waals surface area contributed by atoms with Gasteiger partial charge in [0.2, 0.25) is 0 Å². The highest BCUT2D eigenvalue weighted by molar-refractivity contribution is 5.73. The van der Waals surface area contributed by atoms with Crippen LogP contribution in [0.3, 0.4) is 0 Å². The lowest BCUT2D eigenvalue weighted by atomic mass is 10.2. The molecule has 1 aliphatic heterocycles. The van der Waals surface area contributed by atoms with Crippen molar-refractivity contribution in [3.8, 4) is 0 Å². The largest absolute Gasteiger partial charge is 0.376 e. The number of rotatable bonds is 4. The molecule has 6 heteroatoms. The number of aryl methyl sites for hydroxylation is 2. The lowest BCUT2D eigenvalue weighted by Gasteiger charge is -2.19. The Morgan fingerprint density at radius 1 is 1.53 bits per heavy atom. The van der Waals surface area contributed by atoms with Gasteiger partial charge in [-0.1, -0.05) is 5.16 Å². The number of aromatic nitrogens is 1. The number of amides is 2. The SMILES string of the molecule is Cc1noc(C)c1CN(C)C(=O)NCC1CCCO1. The summed E-state index contributed by atoms with van der Waals surface area (Å²) in [6.45, 7) is 5.61. The first kappa shape index (κ1) is 13.9. The maximum Gasteiger partial charge on any atom is 0.317 e. The summed E-state index contributed by atoms with van der Waals surface area (Å²) in [6, 6.07) is -0.101. The van der Waals surface area contributed by atoms with Crippen LogP contribution in [0.2, 0.25) is 0 Å². The van der Waals surface area contributed by atoms with Crippen molar-refractivity contribution in [1.82, 2.24) is 15.4 Å². The Morgan fingerprint density at radius 2 is 2.32 bits per heavy atom. The van der Waals surface area contributed by atoms with Crippen molar-refractivity contribution in [2.45, 2.75) is 39.3 Å². The summed E-state index contributed by atoms with van der Waals surface area (Å²) in [5.74, 6) is 0.760. The van der Waals surface area contributed by atoms with Crippen molar-refractivity contribution in [1.29, 1.82) is 0 Å². The fraction of sp³-hybridized carbons (Fsp3) is 0.692. The van der Waals surface area contributed by atoms with E-state index in [9.17, 15) is 4.79 Å². The molecule has 0 bridgehead atoms. The fourth-order valence-electron chi connectivity index (χ4n) is 2.18. The predicted molar refractivity (Wildman–Crippen MR) is 69.8 cm³/mol. The van der Waals surface area contributed by atoms with E-state index in [1.807, 2.05) is 13.8 Å². The lowest BCUT2D eigenvalue weighted by molar-refractivity contribution is 0.109. The summed E-state index contributed by atoms with van der Waals surface area (Å²) in [4.78, 5) is 13.6. The molecule has 1 N–H and O–H groups in total. The molecule has 0 saturated carbocycles. The molecular weight excluding hydrogens is 246 g/mol. The zero-order valence-electron chi connectivity index (χ0n) is 11.7. The minimum atomic E-state index is -0.101. The summed E-state index contributed by atoms with van der Waals surface area (Å²) in [5, 5.41) is 6.77. The van der Waals surface area contributed by atoms with Crippen molar-refractivity contribution in [2.75, 3.05) is 20.2 Å². The third-order valence-electron chi connectivity index (χ3n) is 3.43. The van der Waals surface area contributed by atoms with Crippen LogP contribution in [0.25, 0.3) is 0 Å². The Bertz CT molecular complexity index is 419. The van der Waals surface area contributed by atoms with Crippen LogP contribution in [0.5, 0.6) is 0 Å². The molecule has 106 valence electrons. The third kappa shape index (κ3) is 3.47. The summed E-state index contributed by atoms with van der Waals surface area (Å²) in [5.41, 5.74) is 1.80. The Balaban J connectivity index is 1.82. The number of carbonyl (C=O) groups excluding carboxylic acids is 1. The van der Waals surface area contributed by atoms with Crippen LogP contribution in [0.1, 0.15) is 29.9 Å². The number of hydrogen-bond acceptors (Lipinski definition) is 4. The normalized spacial score (nSPS) is 18.6. The summed E-state index contributed by atoms with van der Waals surface area (Å²) in [6.07, 6.45) is 2.26. The number of ether oxygens (including phenoxy) is 1. The number of hydrogen-bond donors (Lipinski definition) is 1. The molecule has 1 atom stereocenters. The molecule has 0 spiro atoms. The van der Waals surface area contributed by atoms with Gasteiger partial charge in [0.25, 0.3) is 0 Å². The molecule has 1 aliphatic rings. The Labute approximate surface area is 113 Å². The van der Waals surface area contributed by atoms with E-state index in [1.165, 1.54) is 0 Å². The highest BCUT2D eigenvalue weighted by atomic mass is 16.5. The van der Waals surface area contributed by atoms with E-state index in [1.54, 1.807) is 11.9 Å². The van der Waals surface area contributed by atoms with Crippen LogP contribution in [-0.4, -0.2) is 42.4 Å². The second-order valence-corrected chi connectivity index (χ2v) is 4.98. The topological polar surface area (TPSA) is 67.6 Å². The van der Waals surface area contributed by atoms with Gasteiger partial charge < -0.3 is 19.5 Å². The molecule has 6 nitrogen and oxygen atoms in total. The molecule has 2 heterocycles. The fourth-order valence-corrected chi connectivity index (χ4v) is 2.18. The molecule has 0 radical (unpaired) electrons. The summed E-state index contributed by atoms with van der Waals surface area (Å²) in [7, 11) is 1.76. The first-order valence-electron chi connectivity index (χ1n) is 6.60. The zero-order valence-corrected chi connectivity index (χ0v) is 11.7. The van der Waals surface area contributed by atoms with Crippen molar-refractivity contribution in [2.24, 2.45) is 0 Å². The maximum atomic E-state index is 12.0. The summed E-state index contributed by atoms with van der Waals surface area (Å²) >= 11 is 0. The van der Waals surface area contributed by atoms with E-state index < -0.39 is 0 Å². The van der Waals surface area contributed by atoms with Gasteiger partial charge in [-0.05, 0) is 26.7 Å². The lowest BCUT2D eigenvalue weighted by Crippen LogP contribution is -2.40. The average molecular weight is 267 g/mol. The van der Waals surface area contributed by atoms with Gasteiger partial charge in [0.05, 0.1) is 18.3 Å². The monoisotopic (exact) mass is 267 g/mol. The van der Waals surface area contributed by atoms with Crippen molar-refractivity contribution >= 4 is 6.03 Å². The van der Waals surface area contributed by atoms with Crippen LogP contribution in [0.15, 0.2) is 4.52 Å². The molecule has 1 fully saturated rings. The smallest absolute Gasteiger partial charge is 0.317 e. The van der Waals surface area contributed by atoms with Gasteiger partial charge >= 0.3 is 6.03 Å². The van der Waals surface area contributed by atoms with E-state index >= 15 is 0 Å². The van der Waals surface area contributed by atoms with Gasteiger partial charge in [-0.2, -0.15) is 0 Å². The Morgan fingerprint density at radius 3 is 2.89 bits per heavy atom. The van der Waals surface area contributed by atoms with Crippen LogP contribution >= 0.6 is 0 Å². The van der Waals surface area contributed by atoms with E-state index in [-0.39, 0.29) is 12.1 Å². The van der Waals surface area contributed by atoms with Crippen molar-refractivity contribution < 1.29 is 14.1 Å². The van der Waals surface area contributed by atoms with Gasteiger partial charge in [0, 0.05) is 25.8 Å². The van der Waals surface area contributed by atoms with Crippen LogP contribution in [0, 0.1) is 13.8 Å². The highest BCUT2D eigenvalue weighted by Crippen LogP contribution is 2.14. The van der Waals surface area contributed by atoms with Gasteiger partial charge in [0.1, 0.15) is 5.76 Å². The van der Waals surface area contributed by atoms with E-state index in [4.69, 9.17) is 9.26 Å². The maximum absolute atomic E-state index is 12.0. The molecule has 19 heavy (non-hydrogen) atoms. The first-order valence-corrected chi connectivity index (χ1v) is 6.60. The Hall–Kier alpha value is -1.56. The molecule has 1 aromatic heterocycles. The Kier molecular flexibility index (Phi) is 4.42. The third-order valence-corrected chi connectivity index (χ3v) is 3.43. The minimum Gasteiger partial charge on any atom is -0.376 e. The van der Waals surface area contributed by atoms with E-state index in [2.05, 4.69) is 10.5 Å². The van der Waals surface area contributed by atoms with Gasteiger partial charge in [-0.15, -0.1) is 0 Å². The quantitative estimate of drug-likeness (QED) is 0.900. The molecule has 0 aromatic carbocycles. The first-order chi connectivity index (χ1) is 9.08. The van der Waals surface area contributed by atoms with Crippen molar-refractivity contribution in [3.05, 3.63) is 17.0 Å². The number of nitrogens with zero attached hydrogens (tertiary/aromatic N) is 2. The van der Waals surface area contributed by atoms with Crippen LogP contribution < -0.4 is 5.32 Å². The molecule has 2 amide bonds. The minimum absolute atomic E-state index is 0.101. The number of urea groups is 1. The second kappa shape index (κ2) is 6.06. The summed E-state index contributed by atoms with van der Waals surface area (Å²) < 4.78 is 10.6. The standard InChI is InChI=1S/C13H21N3O3/c1-9-12(10(2)19-15-9)8-16(3)13(17)14-7-11-5-4-6-18-11/h11H,4-8H2,1-3H3,(H,14,17). The molecule has 1 saturated heterocycles. The highest BCUT2D eigenvalue weighted by Gasteiger charge is 2.19.